The van der Waals surface area contributed by atoms with E-state index in [1.807, 2.05) is 0 Å². The first-order valence-electron chi connectivity index (χ1n) is 12.6. The molecule has 178 valence electrons. The molecule has 0 aromatic rings. The summed E-state index contributed by atoms with van der Waals surface area (Å²) in [4.78, 5) is 36.7. The molecular weight excluding hydrogens is 406 g/mol. The normalized spacial score (nSPS) is 45.9. The number of nitrogens with zero attached hydrogens (tertiary/aromatic N) is 1. The van der Waals surface area contributed by atoms with Gasteiger partial charge in [-0.05, 0) is 98.2 Å². The molecule has 0 spiro atoms. The quantitative estimate of drug-likeness (QED) is 0.307. The number of hydrogen-bond donors (Lipinski definition) is 0. The lowest BCUT2D eigenvalue weighted by molar-refractivity contribution is -0.190. The fraction of sp³-hybridized carbons (Fsp3) is 0.885. The molecule has 32 heavy (non-hydrogen) atoms. The maximum atomic E-state index is 11.5. The van der Waals surface area contributed by atoms with E-state index in [0.29, 0.717) is 55.0 Å². The number of fused-ring (bicyclic) bond motifs is 5. The van der Waals surface area contributed by atoms with Gasteiger partial charge in [0.05, 0.1) is 6.54 Å². The van der Waals surface area contributed by atoms with E-state index < -0.39 is 0 Å². The van der Waals surface area contributed by atoms with Gasteiger partial charge in [0.1, 0.15) is 12.2 Å². The van der Waals surface area contributed by atoms with Crippen LogP contribution in [0.2, 0.25) is 0 Å². The van der Waals surface area contributed by atoms with Crippen LogP contribution in [0.15, 0.2) is 4.99 Å². The molecule has 6 heteroatoms. The van der Waals surface area contributed by atoms with Gasteiger partial charge in [0.25, 0.3) is 12.9 Å². The number of carbonyl (C=O) groups is 2. The molecule has 0 saturated heterocycles. The fourth-order valence-electron chi connectivity index (χ4n) is 9.06. The zero-order valence-electron chi connectivity index (χ0n) is 19.8. The Morgan fingerprint density at radius 2 is 1.72 bits per heavy atom. The molecule has 0 aromatic heterocycles. The van der Waals surface area contributed by atoms with E-state index in [1.165, 1.54) is 25.7 Å². The van der Waals surface area contributed by atoms with Crippen molar-refractivity contribution in [2.45, 2.75) is 90.8 Å². The van der Waals surface area contributed by atoms with Crippen molar-refractivity contribution in [3.8, 4) is 0 Å². The van der Waals surface area contributed by atoms with Crippen LogP contribution in [0.5, 0.6) is 0 Å². The second kappa shape index (κ2) is 9.29. The van der Waals surface area contributed by atoms with Gasteiger partial charge >= 0.3 is 0 Å². The van der Waals surface area contributed by atoms with E-state index in [4.69, 9.17) is 9.47 Å². The average Bonchev–Trinajstić information content (AvgIpc) is 3.12. The topological polar surface area (TPSA) is 82.0 Å². The molecule has 0 unspecified atom stereocenters. The molecule has 0 aliphatic heterocycles. The van der Waals surface area contributed by atoms with Crippen molar-refractivity contribution in [3.05, 3.63) is 0 Å². The second-order valence-corrected chi connectivity index (χ2v) is 11.6. The average molecular weight is 446 g/mol. The number of ether oxygens (including phenoxy) is 2. The van der Waals surface area contributed by atoms with Gasteiger partial charge < -0.3 is 9.47 Å². The maximum absolute atomic E-state index is 11.5. The lowest BCUT2D eigenvalue weighted by Crippen LogP contribution is -2.59. The van der Waals surface area contributed by atoms with E-state index in [1.54, 1.807) is 6.08 Å². The summed E-state index contributed by atoms with van der Waals surface area (Å²) >= 11 is 0. The highest BCUT2D eigenvalue weighted by atomic mass is 16.5. The van der Waals surface area contributed by atoms with Crippen LogP contribution < -0.4 is 0 Å². The molecule has 4 saturated carbocycles. The van der Waals surface area contributed by atoms with Crippen molar-refractivity contribution in [1.82, 2.24) is 0 Å². The second-order valence-electron chi connectivity index (χ2n) is 11.6. The van der Waals surface area contributed by atoms with Crippen LogP contribution in [0.25, 0.3) is 0 Å². The van der Waals surface area contributed by atoms with Gasteiger partial charge in [-0.1, -0.05) is 20.8 Å². The smallest absolute Gasteiger partial charge is 0.293 e. The molecule has 0 heterocycles. The van der Waals surface area contributed by atoms with Gasteiger partial charge in [0.2, 0.25) is 6.08 Å². The van der Waals surface area contributed by atoms with Gasteiger partial charge in [-0.3, -0.25) is 9.59 Å². The molecule has 0 bridgehead atoms. The number of isocyanates is 1. The third kappa shape index (κ3) is 3.83. The highest BCUT2D eigenvalue weighted by Crippen LogP contribution is 2.68. The standard InChI is InChI=1S/C26H39NO5/c1-17(8-11-27-14-28)20-4-5-21-24-22(7-10-26(20,21)3)25(2)9-6-19(31-15-29)12-18(25)13-23(24)32-16-30/h15-24H,4-13H2,1-3H3/t17-,18+,19-,20-,21+,22+,23-,24+,25+,26-/m1/s1. The molecule has 0 amide bonds. The van der Waals surface area contributed by atoms with Gasteiger partial charge in [0, 0.05) is 5.92 Å². The molecule has 4 rings (SSSR count). The fourth-order valence-corrected chi connectivity index (χ4v) is 9.06. The van der Waals surface area contributed by atoms with Gasteiger partial charge in [0.15, 0.2) is 0 Å². The molecule has 0 aromatic carbocycles. The van der Waals surface area contributed by atoms with Gasteiger partial charge in [-0.2, -0.15) is 0 Å². The summed E-state index contributed by atoms with van der Waals surface area (Å²) in [5.74, 6) is 3.09. The Labute approximate surface area is 191 Å². The summed E-state index contributed by atoms with van der Waals surface area (Å²) in [6, 6.07) is 0. The van der Waals surface area contributed by atoms with Crippen LogP contribution in [-0.2, 0) is 23.9 Å². The highest BCUT2D eigenvalue weighted by Gasteiger charge is 2.63. The molecule has 4 fully saturated rings. The van der Waals surface area contributed by atoms with E-state index in [-0.39, 0.29) is 23.0 Å². The summed E-state index contributed by atoms with van der Waals surface area (Å²) < 4.78 is 11.2. The molecule has 4 aliphatic rings. The van der Waals surface area contributed by atoms with Gasteiger partial charge in [-0.15, -0.1) is 0 Å². The molecule has 0 radical (unpaired) electrons. The summed E-state index contributed by atoms with van der Waals surface area (Å²) in [7, 11) is 0. The van der Waals surface area contributed by atoms with Crippen molar-refractivity contribution in [3.63, 3.8) is 0 Å². The van der Waals surface area contributed by atoms with Crippen molar-refractivity contribution in [2.24, 2.45) is 51.3 Å². The van der Waals surface area contributed by atoms with E-state index in [2.05, 4.69) is 25.8 Å². The lowest BCUT2D eigenvalue weighted by Gasteiger charge is -2.62. The minimum Gasteiger partial charge on any atom is -0.465 e. The first-order chi connectivity index (χ1) is 15.4. The number of carbonyl (C=O) groups excluding carboxylic acids is 3. The van der Waals surface area contributed by atoms with Crippen LogP contribution in [0.1, 0.15) is 78.6 Å². The van der Waals surface area contributed by atoms with Crippen LogP contribution in [0, 0.1) is 46.3 Å². The zero-order valence-corrected chi connectivity index (χ0v) is 19.8. The Kier molecular flexibility index (Phi) is 6.81. The lowest BCUT2D eigenvalue weighted by atomic mass is 9.43. The van der Waals surface area contributed by atoms with E-state index in [9.17, 15) is 14.4 Å². The van der Waals surface area contributed by atoms with Gasteiger partial charge in [-0.25, -0.2) is 9.79 Å². The predicted molar refractivity (Wildman–Crippen MR) is 119 cm³/mol. The summed E-state index contributed by atoms with van der Waals surface area (Å²) in [5, 5.41) is 0. The van der Waals surface area contributed by atoms with Crippen molar-refractivity contribution in [1.29, 1.82) is 0 Å². The minimum atomic E-state index is -0.0381. The zero-order chi connectivity index (χ0) is 22.9. The van der Waals surface area contributed by atoms with E-state index in [0.717, 1.165) is 32.1 Å². The van der Waals surface area contributed by atoms with Crippen molar-refractivity contribution < 1.29 is 23.9 Å². The minimum absolute atomic E-state index is 0.00130. The number of aliphatic imine (C=N–C) groups is 1. The molecule has 4 aliphatic carbocycles. The highest BCUT2D eigenvalue weighted by molar-refractivity contribution is 5.38. The van der Waals surface area contributed by atoms with Crippen LogP contribution >= 0.6 is 0 Å². The van der Waals surface area contributed by atoms with Crippen molar-refractivity contribution >= 4 is 19.0 Å². The molecule has 6 nitrogen and oxygen atoms in total. The van der Waals surface area contributed by atoms with Crippen molar-refractivity contribution in [2.75, 3.05) is 6.54 Å². The third-order valence-electron chi connectivity index (χ3n) is 10.6. The molecule has 0 N–H and O–H groups in total. The number of rotatable bonds is 8. The Hall–Kier alpha value is -1.68. The van der Waals surface area contributed by atoms with Crippen LogP contribution in [-0.4, -0.2) is 37.8 Å². The molecule has 10 atom stereocenters. The maximum Gasteiger partial charge on any atom is 0.293 e. The first kappa shape index (κ1) is 23.5. The number of hydrogen-bond acceptors (Lipinski definition) is 6. The summed E-state index contributed by atoms with van der Waals surface area (Å²) in [5.41, 5.74) is 0.469. The Morgan fingerprint density at radius 3 is 2.44 bits per heavy atom. The van der Waals surface area contributed by atoms with E-state index >= 15 is 0 Å². The molecular formula is C26H39NO5. The SMILES string of the molecule is C[C@H](CCN=C=O)[C@H]1CC[C@H]2[C@@H]3[C@H](OC=O)C[C@@H]4C[C@H](OC=O)CC[C@]4(C)[C@H]3CC[C@]12C. The Bertz CT molecular complexity index is 750. The Balaban J connectivity index is 1.58. The Morgan fingerprint density at radius 1 is 1.00 bits per heavy atom. The predicted octanol–water partition coefficient (Wildman–Crippen LogP) is 4.70. The third-order valence-corrected chi connectivity index (χ3v) is 10.6. The largest absolute Gasteiger partial charge is 0.465 e. The summed E-state index contributed by atoms with van der Waals surface area (Å²) in [6.07, 6.45) is 11.2. The first-order valence-corrected chi connectivity index (χ1v) is 12.6. The summed E-state index contributed by atoms with van der Waals surface area (Å²) in [6.45, 7) is 9.06. The van der Waals surface area contributed by atoms with Crippen LogP contribution in [0.4, 0.5) is 0 Å². The monoisotopic (exact) mass is 445 g/mol. The van der Waals surface area contributed by atoms with Crippen LogP contribution in [0.3, 0.4) is 0 Å².